The first-order chi connectivity index (χ1) is 10.1. The van der Waals surface area contributed by atoms with Crippen LogP contribution in [-0.2, 0) is 0 Å². The molecule has 1 aromatic heterocycles. The van der Waals surface area contributed by atoms with E-state index in [9.17, 15) is 5.11 Å². The van der Waals surface area contributed by atoms with Crippen molar-refractivity contribution in [2.45, 2.75) is 26.1 Å². The van der Waals surface area contributed by atoms with Crippen molar-refractivity contribution in [2.24, 2.45) is 0 Å². The summed E-state index contributed by atoms with van der Waals surface area (Å²) < 4.78 is 11.1. The van der Waals surface area contributed by atoms with Crippen LogP contribution in [0.25, 0.3) is 11.0 Å². The Bertz CT molecular complexity index is 726. The molecule has 3 nitrogen and oxygen atoms in total. The lowest BCUT2D eigenvalue weighted by Gasteiger charge is -2.12. The van der Waals surface area contributed by atoms with Gasteiger partial charge in [-0.1, -0.05) is 30.3 Å². The van der Waals surface area contributed by atoms with Gasteiger partial charge in [-0.3, -0.25) is 0 Å². The molecule has 1 N–H and O–H groups in total. The molecule has 3 heteroatoms. The Hall–Kier alpha value is -2.26. The lowest BCUT2D eigenvalue weighted by Crippen LogP contribution is -2.05. The van der Waals surface area contributed by atoms with Gasteiger partial charge in [-0.2, -0.15) is 0 Å². The van der Waals surface area contributed by atoms with Crippen LogP contribution in [0.15, 0.2) is 59.2 Å². The molecular weight excluding hydrogens is 264 g/mol. The van der Waals surface area contributed by atoms with Crippen molar-refractivity contribution in [1.82, 2.24) is 0 Å². The summed E-state index contributed by atoms with van der Waals surface area (Å²) in [4.78, 5) is 0. The SMILES string of the molecule is CC(C)Oc1ccc(C(O)c2coc3ccccc23)cc1. The van der Waals surface area contributed by atoms with Crippen molar-refractivity contribution < 1.29 is 14.3 Å². The molecule has 3 rings (SSSR count). The van der Waals surface area contributed by atoms with Gasteiger partial charge in [0.15, 0.2) is 0 Å². The molecule has 0 saturated carbocycles. The van der Waals surface area contributed by atoms with Crippen LogP contribution < -0.4 is 4.74 Å². The summed E-state index contributed by atoms with van der Waals surface area (Å²) in [5.41, 5.74) is 2.38. The van der Waals surface area contributed by atoms with Crippen molar-refractivity contribution in [1.29, 1.82) is 0 Å². The largest absolute Gasteiger partial charge is 0.491 e. The number of hydrogen-bond acceptors (Lipinski definition) is 3. The van der Waals surface area contributed by atoms with E-state index in [1.165, 1.54) is 0 Å². The maximum atomic E-state index is 10.6. The van der Waals surface area contributed by atoms with Crippen molar-refractivity contribution in [3.8, 4) is 5.75 Å². The third-order valence-corrected chi connectivity index (χ3v) is 3.37. The highest BCUT2D eigenvalue weighted by molar-refractivity contribution is 5.81. The van der Waals surface area contributed by atoms with Gasteiger partial charge in [0.05, 0.1) is 12.4 Å². The summed E-state index contributed by atoms with van der Waals surface area (Å²) >= 11 is 0. The Morgan fingerprint density at radius 2 is 1.71 bits per heavy atom. The van der Waals surface area contributed by atoms with Crippen LogP contribution in [-0.4, -0.2) is 11.2 Å². The lowest BCUT2D eigenvalue weighted by molar-refractivity contribution is 0.219. The number of aliphatic hydroxyl groups excluding tert-OH is 1. The quantitative estimate of drug-likeness (QED) is 0.775. The summed E-state index contributed by atoms with van der Waals surface area (Å²) in [5.74, 6) is 0.804. The van der Waals surface area contributed by atoms with Crippen molar-refractivity contribution in [2.75, 3.05) is 0 Å². The number of benzene rings is 2. The van der Waals surface area contributed by atoms with Crippen LogP contribution in [0.1, 0.15) is 31.1 Å². The monoisotopic (exact) mass is 282 g/mol. The highest BCUT2D eigenvalue weighted by atomic mass is 16.5. The average Bonchev–Trinajstić information content (AvgIpc) is 2.90. The Kier molecular flexibility index (Phi) is 3.67. The number of furan rings is 1. The van der Waals surface area contributed by atoms with Gasteiger partial charge in [-0.25, -0.2) is 0 Å². The van der Waals surface area contributed by atoms with Gasteiger partial charge < -0.3 is 14.3 Å². The number of hydrogen-bond donors (Lipinski definition) is 1. The summed E-state index contributed by atoms with van der Waals surface area (Å²) in [7, 11) is 0. The van der Waals surface area contributed by atoms with E-state index < -0.39 is 6.10 Å². The van der Waals surface area contributed by atoms with E-state index in [1.807, 2.05) is 62.4 Å². The number of fused-ring (bicyclic) bond motifs is 1. The second-order valence-corrected chi connectivity index (χ2v) is 5.33. The molecule has 0 aliphatic carbocycles. The molecule has 0 amide bonds. The molecule has 0 aliphatic rings. The fourth-order valence-electron chi connectivity index (χ4n) is 2.39. The standard InChI is InChI=1S/C18H18O3/c1-12(2)21-14-9-7-13(8-10-14)18(19)16-11-20-17-6-4-3-5-15(16)17/h3-12,18-19H,1-2H3. The van der Waals surface area contributed by atoms with Crippen molar-refractivity contribution in [3.63, 3.8) is 0 Å². The molecule has 1 heterocycles. The second kappa shape index (κ2) is 5.62. The van der Waals surface area contributed by atoms with Gasteiger partial charge >= 0.3 is 0 Å². The van der Waals surface area contributed by atoms with Gasteiger partial charge in [-0.05, 0) is 37.6 Å². The zero-order valence-corrected chi connectivity index (χ0v) is 12.1. The van der Waals surface area contributed by atoms with Gasteiger partial charge in [0.2, 0.25) is 0 Å². The van der Waals surface area contributed by atoms with Crippen LogP contribution in [0.3, 0.4) is 0 Å². The van der Waals surface area contributed by atoms with Gasteiger partial charge in [-0.15, -0.1) is 0 Å². The molecule has 0 spiro atoms. The average molecular weight is 282 g/mol. The van der Waals surface area contributed by atoms with E-state index in [0.717, 1.165) is 27.8 Å². The number of ether oxygens (including phenoxy) is 1. The Morgan fingerprint density at radius 1 is 1.00 bits per heavy atom. The molecule has 0 saturated heterocycles. The summed E-state index contributed by atoms with van der Waals surface area (Å²) in [6, 6.07) is 15.2. The zero-order chi connectivity index (χ0) is 14.8. The minimum atomic E-state index is -0.707. The normalized spacial score (nSPS) is 12.8. The van der Waals surface area contributed by atoms with Crippen LogP contribution in [0.5, 0.6) is 5.75 Å². The number of para-hydroxylation sites is 1. The summed E-state index contributed by atoms with van der Waals surface area (Å²) in [6.45, 7) is 3.97. The molecular formula is C18H18O3. The van der Waals surface area contributed by atoms with Crippen LogP contribution in [0, 0.1) is 0 Å². The van der Waals surface area contributed by atoms with E-state index in [-0.39, 0.29) is 6.10 Å². The van der Waals surface area contributed by atoms with Crippen LogP contribution >= 0.6 is 0 Å². The second-order valence-electron chi connectivity index (χ2n) is 5.33. The third kappa shape index (κ3) is 2.78. The van der Waals surface area contributed by atoms with E-state index >= 15 is 0 Å². The summed E-state index contributed by atoms with van der Waals surface area (Å²) in [5, 5.41) is 11.5. The fraction of sp³-hybridized carbons (Fsp3) is 0.222. The molecule has 0 radical (unpaired) electrons. The maximum absolute atomic E-state index is 10.6. The van der Waals surface area contributed by atoms with E-state index in [4.69, 9.17) is 9.15 Å². The fourth-order valence-corrected chi connectivity index (χ4v) is 2.39. The summed E-state index contributed by atoms with van der Waals surface area (Å²) in [6.07, 6.45) is 1.05. The van der Waals surface area contributed by atoms with Crippen LogP contribution in [0.4, 0.5) is 0 Å². The first-order valence-electron chi connectivity index (χ1n) is 7.06. The lowest BCUT2D eigenvalue weighted by atomic mass is 10.0. The van der Waals surface area contributed by atoms with Gasteiger partial charge in [0.1, 0.15) is 17.4 Å². The molecule has 21 heavy (non-hydrogen) atoms. The smallest absolute Gasteiger partial charge is 0.134 e. The van der Waals surface area contributed by atoms with E-state index in [1.54, 1.807) is 6.26 Å². The van der Waals surface area contributed by atoms with Crippen molar-refractivity contribution in [3.05, 3.63) is 65.9 Å². The Labute approximate surface area is 123 Å². The number of rotatable bonds is 4. The van der Waals surface area contributed by atoms with E-state index in [2.05, 4.69) is 0 Å². The predicted molar refractivity (Wildman–Crippen MR) is 82.5 cm³/mol. The minimum Gasteiger partial charge on any atom is -0.491 e. The topological polar surface area (TPSA) is 42.6 Å². The van der Waals surface area contributed by atoms with Gasteiger partial charge in [0.25, 0.3) is 0 Å². The highest BCUT2D eigenvalue weighted by Gasteiger charge is 2.16. The minimum absolute atomic E-state index is 0.138. The molecule has 0 aliphatic heterocycles. The Morgan fingerprint density at radius 3 is 2.43 bits per heavy atom. The molecule has 108 valence electrons. The molecule has 1 atom stereocenters. The maximum Gasteiger partial charge on any atom is 0.134 e. The molecule has 3 aromatic rings. The highest BCUT2D eigenvalue weighted by Crippen LogP contribution is 2.31. The number of aliphatic hydroxyl groups is 1. The first kappa shape index (κ1) is 13.7. The van der Waals surface area contributed by atoms with Gasteiger partial charge in [0, 0.05) is 10.9 Å². The van der Waals surface area contributed by atoms with Crippen molar-refractivity contribution >= 4 is 11.0 Å². The van der Waals surface area contributed by atoms with Crippen LogP contribution in [0.2, 0.25) is 0 Å². The molecule has 1 unspecified atom stereocenters. The first-order valence-corrected chi connectivity index (χ1v) is 7.06. The molecule has 2 aromatic carbocycles. The third-order valence-electron chi connectivity index (χ3n) is 3.37. The Balaban J connectivity index is 1.89. The predicted octanol–water partition coefficient (Wildman–Crippen LogP) is 4.30. The van der Waals surface area contributed by atoms with E-state index in [0.29, 0.717) is 0 Å². The molecule has 0 bridgehead atoms. The molecule has 0 fully saturated rings. The zero-order valence-electron chi connectivity index (χ0n) is 12.1.